The topological polar surface area (TPSA) is 114 Å². The molecule has 0 aliphatic rings. The van der Waals surface area contributed by atoms with Gasteiger partial charge in [0, 0.05) is 17.8 Å². The minimum Gasteiger partial charge on any atom is -0.448 e. The summed E-state index contributed by atoms with van der Waals surface area (Å²) in [6.45, 7) is 4.79. The number of hydrogen-bond acceptors (Lipinski definition) is 6. The second kappa shape index (κ2) is 6.91. The molecule has 23 heavy (non-hydrogen) atoms. The molecule has 0 radical (unpaired) electrons. The monoisotopic (exact) mass is 319 g/mol. The molecule has 1 atom stereocenters. The molecule has 0 bridgehead atoms. The van der Waals surface area contributed by atoms with E-state index >= 15 is 0 Å². The molecule has 1 amide bonds. The van der Waals surface area contributed by atoms with Gasteiger partial charge in [-0.1, -0.05) is 12.1 Å². The maximum absolute atomic E-state index is 12.1. The molecular weight excluding hydrogens is 302 g/mol. The van der Waals surface area contributed by atoms with Gasteiger partial charge in [0.05, 0.1) is 0 Å². The molecule has 0 spiro atoms. The van der Waals surface area contributed by atoms with Gasteiger partial charge in [-0.15, -0.1) is 0 Å². The van der Waals surface area contributed by atoms with Crippen LogP contribution in [0.25, 0.3) is 0 Å². The summed E-state index contributed by atoms with van der Waals surface area (Å²) in [5, 5.41) is 6.15. The lowest BCUT2D eigenvalue weighted by atomic mass is 10.2. The van der Waals surface area contributed by atoms with Crippen LogP contribution in [-0.4, -0.2) is 33.9 Å². The van der Waals surface area contributed by atoms with E-state index in [4.69, 9.17) is 9.26 Å². The number of hydrogen-bond donors (Lipinski definition) is 2. The number of anilines is 1. The standard InChI is InChI=1S/C15H17N3O5/c1-4-12(14(20)17-13-5-8(2)23-18-13)22-15(21)11-6-10(7-16-11)9(3)19/h5-7,12,16H,4H2,1-3H3,(H,17,18,20). The summed E-state index contributed by atoms with van der Waals surface area (Å²) in [7, 11) is 0. The van der Waals surface area contributed by atoms with Crippen molar-refractivity contribution < 1.29 is 23.6 Å². The molecule has 2 aromatic rings. The first-order valence-corrected chi connectivity index (χ1v) is 7.05. The number of Topliss-reactive ketones (excluding diaryl/α,β-unsaturated/α-hetero) is 1. The molecule has 8 heteroatoms. The Kier molecular flexibility index (Phi) is 4.95. The van der Waals surface area contributed by atoms with E-state index in [1.165, 1.54) is 19.2 Å². The van der Waals surface area contributed by atoms with Crippen molar-refractivity contribution in [1.82, 2.24) is 10.1 Å². The Labute approximate surface area is 132 Å². The second-order valence-corrected chi connectivity index (χ2v) is 4.97. The zero-order valence-corrected chi connectivity index (χ0v) is 13.0. The highest BCUT2D eigenvalue weighted by Crippen LogP contribution is 2.12. The second-order valence-electron chi connectivity index (χ2n) is 4.97. The number of aryl methyl sites for hydroxylation is 1. The molecule has 1 unspecified atom stereocenters. The fourth-order valence-corrected chi connectivity index (χ4v) is 1.86. The maximum atomic E-state index is 12.1. The minimum atomic E-state index is -0.983. The summed E-state index contributed by atoms with van der Waals surface area (Å²) in [4.78, 5) is 38.0. The number of amides is 1. The van der Waals surface area contributed by atoms with Gasteiger partial charge in [-0.3, -0.25) is 9.59 Å². The van der Waals surface area contributed by atoms with Crippen LogP contribution >= 0.6 is 0 Å². The van der Waals surface area contributed by atoms with Crippen LogP contribution in [-0.2, 0) is 9.53 Å². The molecule has 0 saturated carbocycles. The summed E-state index contributed by atoms with van der Waals surface area (Å²) in [5.41, 5.74) is 0.478. The third kappa shape index (κ3) is 4.06. The zero-order chi connectivity index (χ0) is 17.0. The van der Waals surface area contributed by atoms with Gasteiger partial charge in [0.25, 0.3) is 5.91 Å². The summed E-state index contributed by atoms with van der Waals surface area (Å²) in [6, 6.07) is 2.94. The summed E-state index contributed by atoms with van der Waals surface area (Å²) in [6.07, 6.45) is 0.718. The first-order valence-electron chi connectivity index (χ1n) is 7.05. The zero-order valence-electron chi connectivity index (χ0n) is 13.0. The summed E-state index contributed by atoms with van der Waals surface area (Å²) < 4.78 is 10.0. The lowest BCUT2D eigenvalue weighted by Gasteiger charge is -2.14. The van der Waals surface area contributed by atoms with Gasteiger partial charge in [0.1, 0.15) is 11.5 Å². The highest BCUT2D eigenvalue weighted by Gasteiger charge is 2.24. The third-order valence-electron chi connectivity index (χ3n) is 3.10. The summed E-state index contributed by atoms with van der Waals surface area (Å²) >= 11 is 0. The Balaban J connectivity index is 2.01. The lowest BCUT2D eigenvalue weighted by molar-refractivity contribution is -0.124. The van der Waals surface area contributed by atoms with Gasteiger partial charge in [0.15, 0.2) is 17.7 Å². The molecule has 2 rings (SSSR count). The Morgan fingerprint density at radius 2 is 2.13 bits per heavy atom. The van der Waals surface area contributed by atoms with Crippen LogP contribution in [0.15, 0.2) is 22.9 Å². The van der Waals surface area contributed by atoms with Crippen molar-refractivity contribution >= 4 is 23.5 Å². The third-order valence-corrected chi connectivity index (χ3v) is 3.10. The van der Waals surface area contributed by atoms with E-state index in [0.29, 0.717) is 11.3 Å². The molecule has 122 valence electrons. The molecule has 0 aromatic carbocycles. The average Bonchev–Trinajstić information content (AvgIpc) is 3.13. The fourth-order valence-electron chi connectivity index (χ4n) is 1.86. The number of carbonyl (C=O) groups is 3. The quantitative estimate of drug-likeness (QED) is 0.622. The Hall–Kier alpha value is -2.90. The van der Waals surface area contributed by atoms with Crippen molar-refractivity contribution in [3.63, 3.8) is 0 Å². The molecule has 2 N–H and O–H groups in total. The van der Waals surface area contributed by atoms with Crippen molar-refractivity contribution in [3.8, 4) is 0 Å². The predicted molar refractivity (Wildman–Crippen MR) is 80.2 cm³/mol. The van der Waals surface area contributed by atoms with Gasteiger partial charge in [0.2, 0.25) is 0 Å². The number of aromatic amines is 1. The van der Waals surface area contributed by atoms with Crippen LogP contribution in [0.3, 0.4) is 0 Å². The number of nitrogens with zero attached hydrogens (tertiary/aromatic N) is 1. The first kappa shape index (κ1) is 16.5. The van der Waals surface area contributed by atoms with Crippen LogP contribution in [0.1, 0.15) is 46.9 Å². The van der Waals surface area contributed by atoms with E-state index in [1.807, 2.05) is 0 Å². The highest BCUT2D eigenvalue weighted by atomic mass is 16.5. The van der Waals surface area contributed by atoms with Gasteiger partial charge in [-0.05, 0) is 26.3 Å². The van der Waals surface area contributed by atoms with Gasteiger partial charge in [-0.2, -0.15) is 0 Å². The van der Waals surface area contributed by atoms with E-state index in [1.54, 1.807) is 19.9 Å². The molecule has 0 aliphatic heterocycles. The van der Waals surface area contributed by atoms with Crippen LogP contribution in [0.4, 0.5) is 5.82 Å². The molecular formula is C15H17N3O5. The van der Waals surface area contributed by atoms with Gasteiger partial charge >= 0.3 is 5.97 Å². The van der Waals surface area contributed by atoms with Gasteiger partial charge < -0.3 is 19.6 Å². The number of esters is 1. The van der Waals surface area contributed by atoms with Crippen LogP contribution < -0.4 is 5.32 Å². The largest absolute Gasteiger partial charge is 0.448 e. The van der Waals surface area contributed by atoms with Crippen molar-refractivity contribution in [1.29, 1.82) is 0 Å². The van der Waals surface area contributed by atoms with E-state index in [-0.39, 0.29) is 23.7 Å². The number of aromatic nitrogens is 2. The van der Waals surface area contributed by atoms with Crippen molar-refractivity contribution in [2.24, 2.45) is 0 Å². The van der Waals surface area contributed by atoms with Crippen molar-refractivity contribution in [2.45, 2.75) is 33.3 Å². The molecule has 2 heterocycles. The van der Waals surface area contributed by atoms with Crippen LogP contribution in [0, 0.1) is 6.92 Å². The molecule has 2 aromatic heterocycles. The summed E-state index contributed by atoms with van der Waals surface area (Å²) in [5.74, 6) is -0.593. The number of nitrogens with one attached hydrogen (secondary N) is 2. The highest BCUT2D eigenvalue weighted by molar-refractivity contribution is 5.99. The molecule has 0 aliphatic carbocycles. The Morgan fingerprint density at radius 1 is 1.39 bits per heavy atom. The van der Waals surface area contributed by atoms with E-state index in [0.717, 1.165) is 0 Å². The SMILES string of the molecule is CCC(OC(=O)c1cc(C(C)=O)c[nH]1)C(=O)Nc1cc(C)on1. The average molecular weight is 319 g/mol. The van der Waals surface area contributed by atoms with Crippen molar-refractivity contribution in [2.75, 3.05) is 5.32 Å². The van der Waals surface area contributed by atoms with Crippen LogP contribution in [0.2, 0.25) is 0 Å². The number of ether oxygens (including phenoxy) is 1. The van der Waals surface area contributed by atoms with Crippen LogP contribution in [0.5, 0.6) is 0 Å². The van der Waals surface area contributed by atoms with Gasteiger partial charge in [-0.25, -0.2) is 4.79 Å². The molecule has 0 saturated heterocycles. The minimum absolute atomic E-state index is 0.110. The normalized spacial score (nSPS) is 11.8. The number of ketones is 1. The van der Waals surface area contributed by atoms with E-state index < -0.39 is 18.0 Å². The lowest BCUT2D eigenvalue weighted by Crippen LogP contribution is -2.32. The van der Waals surface area contributed by atoms with Crippen molar-refractivity contribution in [3.05, 3.63) is 35.3 Å². The Morgan fingerprint density at radius 3 is 2.65 bits per heavy atom. The molecule has 8 nitrogen and oxygen atoms in total. The predicted octanol–water partition coefficient (Wildman–Crippen LogP) is 2.09. The molecule has 0 fully saturated rings. The first-order chi connectivity index (χ1) is 10.9. The Bertz CT molecular complexity index is 731. The maximum Gasteiger partial charge on any atom is 0.355 e. The number of carbonyl (C=O) groups excluding carboxylic acids is 3. The smallest absolute Gasteiger partial charge is 0.355 e. The fraction of sp³-hybridized carbons (Fsp3) is 0.333. The number of rotatable bonds is 6. The van der Waals surface area contributed by atoms with E-state index in [9.17, 15) is 14.4 Å². The van der Waals surface area contributed by atoms with E-state index in [2.05, 4.69) is 15.5 Å². The number of H-pyrrole nitrogens is 1.